The van der Waals surface area contributed by atoms with Gasteiger partial charge < -0.3 is 4.57 Å². The van der Waals surface area contributed by atoms with Crippen LogP contribution in [0.25, 0.3) is 0 Å². The van der Waals surface area contributed by atoms with Gasteiger partial charge in [0.15, 0.2) is 4.73 Å². The number of rotatable bonds is 2. The molecule has 0 aliphatic rings. The van der Waals surface area contributed by atoms with Crippen molar-refractivity contribution in [3.63, 3.8) is 0 Å². The minimum atomic E-state index is 0.472. The maximum atomic E-state index is 8.39. The molecule has 0 fully saturated rings. The van der Waals surface area contributed by atoms with Gasteiger partial charge >= 0.3 is 0 Å². The smallest absolute Gasteiger partial charge is 0.179 e. The van der Waals surface area contributed by atoms with Gasteiger partial charge in [-0.1, -0.05) is 0 Å². The second-order valence-electron chi connectivity index (χ2n) is 2.02. The molecule has 0 bridgehead atoms. The van der Waals surface area contributed by atoms with E-state index in [2.05, 4.69) is 58.8 Å². The molecular formula is C6H4Br3N3. The lowest BCUT2D eigenvalue weighted by molar-refractivity contribution is 0.684. The molecule has 0 atom stereocenters. The molecule has 0 unspecified atom stereocenters. The van der Waals surface area contributed by atoms with E-state index in [1.54, 1.807) is 0 Å². The Hall–Kier alpha value is 0.140. The van der Waals surface area contributed by atoms with E-state index in [0.717, 1.165) is 13.9 Å². The Morgan fingerprint density at radius 3 is 2.50 bits per heavy atom. The van der Waals surface area contributed by atoms with Crippen LogP contribution in [0.15, 0.2) is 13.9 Å². The molecular weight excluding hydrogens is 354 g/mol. The highest BCUT2D eigenvalue weighted by molar-refractivity contribution is 9.13. The van der Waals surface area contributed by atoms with Crippen LogP contribution < -0.4 is 0 Å². The fourth-order valence-corrected chi connectivity index (χ4v) is 2.56. The maximum Gasteiger partial charge on any atom is 0.179 e. The van der Waals surface area contributed by atoms with Crippen molar-refractivity contribution in [1.82, 2.24) is 9.55 Å². The van der Waals surface area contributed by atoms with E-state index in [1.165, 1.54) is 0 Å². The van der Waals surface area contributed by atoms with E-state index in [-0.39, 0.29) is 0 Å². The fourth-order valence-electron chi connectivity index (χ4n) is 0.732. The molecule has 0 radical (unpaired) electrons. The monoisotopic (exact) mass is 355 g/mol. The normalized spacial score (nSPS) is 9.83. The summed E-state index contributed by atoms with van der Waals surface area (Å²) in [5.74, 6) is 0. The molecule has 0 aliphatic heterocycles. The van der Waals surface area contributed by atoms with E-state index < -0.39 is 0 Å². The average molecular weight is 358 g/mol. The Kier molecular flexibility index (Phi) is 3.75. The third-order valence-corrected chi connectivity index (χ3v) is 3.76. The Labute approximate surface area is 95.2 Å². The summed E-state index contributed by atoms with van der Waals surface area (Å²) in [4.78, 5) is 4.10. The van der Waals surface area contributed by atoms with Gasteiger partial charge in [0.1, 0.15) is 9.21 Å². The van der Waals surface area contributed by atoms with Crippen LogP contribution in [0.2, 0.25) is 0 Å². The molecule has 0 spiro atoms. The van der Waals surface area contributed by atoms with Crippen molar-refractivity contribution >= 4 is 47.8 Å². The molecule has 0 saturated heterocycles. The lowest BCUT2D eigenvalue weighted by Gasteiger charge is -2.00. The lowest BCUT2D eigenvalue weighted by Crippen LogP contribution is -1.97. The van der Waals surface area contributed by atoms with Crippen molar-refractivity contribution < 1.29 is 0 Å². The summed E-state index contributed by atoms with van der Waals surface area (Å²) in [6, 6.07) is 2.07. The molecule has 0 N–H and O–H groups in total. The summed E-state index contributed by atoms with van der Waals surface area (Å²) >= 11 is 9.89. The summed E-state index contributed by atoms with van der Waals surface area (Å²) < 4.78 is 4.18. The minimum absolute atomic E-state index is 0.472. The summed E-state index contributed by atoms with van der Waals surface area (Å²) in [7, 11) is 0. The Balaban J connectivity index is 2.91. The molecule has 6 heteroatoms. The number of nitriles is 1. The van der Waals surface area contributed by atoms with E-state index >= 15 is 0 Å². The van der Waals surface area contributed by atoms with E-state index in [9.17, 15) is 0 Å². The predicted molar refractivity (Wildman–Crippen MR) is 55.6 cm³/mol. The first-order valence-corrected chi connectivity index (χ1v) is 5.48. The van der Waals surface area contributed by atoms with Crippen molar-refractivity contribution in [2.24, 2.45) is 0 Å². The van der Waals surface area contributed by atoms with Crippen molar-refractivity contribution in [1.29, 1.82) is 5.26 Å². The zero-order valence-electron chi connectivity index (χ0n) is 5.89. The number of hydrogen-bond acceptors (Lipinski definition) is 2. The second kappa shape index (κ2) is 4.40. The van der Waals surface area contributed by atoms with Gasteiger partial charge in [0.2, 0.25) is 0 Å². The molecule has 3 nitrogen and oxygen atoms in total. The highest BCUT2D eigenvalue weighted by Gasteiger charge is 2.09. The highest BCUT2D eigenvalue weighted by Crippen LogP contribution is 2.26. The van der Waals surface area contributed by atoms with E-state index in [0.29, 0.717) is 13.0 Å². The first kappa shape index (κ1) is 10.2. The van der Waals surface area contributed by atoms with Gasteiger partial charge in [0, 0.05) is 6.54 Å². The Morgan fingerprint density at radius 1 is 1.42 bits per heavy atom. The molecule has 1 aromatic heterocycles. The van der Waals surface area contributed by atoms with Gasteiger partial charge in [-0.2, -0.15) is 5.26 Å². The summed E-state index contributed by atoms with van der Waals surface area (Å²) in [5.41, 5.74) is 0. The number of hydrogen-bond donors (Lipinski definition) is 0. The summed E-state index contributed by atoms with van der Waals surface area (Å²) in [6.45, 7) is 0.635. The minimum Gasteiger partial charge on any atom is -0.311 e. The Morgan fingerprint density at radius 2 is 2.08 bits per heavy atom. The second-order valence-corrected chi connectivity index (χ2v) is 4.23. The van der Waals surface area contributed by atoms with E-state index in [4.69, 9.17) is 5.26 Å². The first-order chi connectivity index (χ1) is 5.66. The predicted octanol–water partition coefficient (Wildman–Crippen LogP) is 3.08. The Bertz CT molecular complexity index is 326. The number of nitrogens with zero attached hydrogens (tertiary/aromatic N) is 3. The van der Waals surface area contributed by atoms with Crippen LogP contribution in [0.5, 0.6) is 0 Å². The summed E-state index contributed by atoms with van der Waals surface area (Å²) in [5, 5.41) is 8.39. The molecule has 64 valence electrons. The largest absolute Gasteiger partial charge is 0.311 e. The van der Waals surface area contributed by atoms with Gasteiger partial charge in [-0.3, -0.25) is 0 Å². The van der Waals surface area contributed by atoms with Gasteiger partial charge in [0.25, 0.3) is 0 Å². The van der Waals surface area contributed by atoms with Crippen LogP contribution >= 0.6 is 47.8 Å². The molecule has 1 heterocycles. The SMILES string of the molecule is N#CCCn1c(Br)nc(Br)c1Br. The van der Waals surface area contributed by atoms with Crippen molar-refractivity contribution in [2.75, 3.05) is 0 Å². The molecule has 0 aromatic carbocycles. The first-order valence-electron chi connectivity index (χ1n) is 3.10. The quantitative estimate of drug-likeness (QED) is 0.816. The number of imidazole rings is 1. The number of halogens is 3. The van der Waals surface area contributed by atoms with Crippen LogP contribution in [0.1, 0.15) is 6.42 Å². The molecule has 0 saturated carbocycles. The van der Waals surface area contributed by atoms with Gasteiger partial charge in [-0.15, -0.1) is 0 Å². The highest BCUT2D eigenvalue weighted by atomic mass is 79.9. The van der Waals surface area contributed by atoms with Gasteiger partial charge in [0.05, 0.1) is 12.5 Å². The van der Waals surface area contributed by atoms with Crippen LogP contribution in [-0.2, 0) is 6.54 Å². The van der Waals surface area contributed by atoms with Crippen LogP contribution in [-0.4, -0.2) is 9.55 Å². The fraction of sp³-hybridized carbons (Fsp3) is 0.333. The third kappa shape index (κ3) is 2.09. The molecule has 1 rings (SSSR count). The maximum absolute atomic E-state index is 8.39. The van der Waals surface area contributed by atoms with Gasteiger partial charge in [-0.25, -0.2) is 4.98 Å². The molecule has 1 aromatic rings. The van der Waals surface area contributed by atoms with Crippen molar-refractivity contribution in [3.05, 3.63) is 13.9 Å². The van der Waals surface area contributed by atoms with E-state index in [1.807, 2.05) is 4.57 Å². The summed E-state index contributed by atoms with van der Waals surface area (Å²) in [6.07, 6.45) is 0.472. The van der Waals surface area contributed by atoms with Crippen molar-refractivity contribution in [2.45, 2.75) is 13.0 Å². The number of aromatic nitrogens is 2. The van der Waals surface area contributed by atoms with Crippen LogP contribution in [0.4, 0.5) is 0 Å². The van der Waals surface area contributed by atoms with Crippen LogP contribution in [0, 0.1) is 11.3 Å². The molecule has 0 amide bonds. The van der Waals surface area contributed by atoms with Crippen LogP contribution in [0.3, 0.4) is 0 Å². The standard InChI is InChI=1S/C6H4Br3N3/c7-4-5(8)12(3-1-2-10)6(9)11-4/h1,3H2. The topological polar surface area (TPSA) is 41.6 Å². The van der Waals surface area contributed by atoms with Gasteiger partial charge in [-0.05, 0) is 47.8 Å². The third-order valence-electron chi connectivity index (χ3n) is 1.27. The zero-order valence-corrected chi connectivity index (χ0v) is 10.6. The zero-order chi connectivity index (χ0) is 9.14. The average Bonchev–Trinajstić information content (AvgIpc) is 2.25. The lowest BCUT2D eigenvalue weighted by atomic mass is 10.5. The molecule has 0 aliphatic carbocycles. The molecule has 12 heavy (non-hydrogen) atoms. The van der Waals surface area contributed by atoms with Crippen molar-refractivity contribution in [3.8, 4) is 6.07 Å².